The standard InChI is InChI=1S/C13H18O5/c1-15-10-5-9(6-11(7-10)16-2)12(14)8-13-17-3-4-18-13/h5-7,12-14H,3-4,8H2,1-2H3. The molecule has 1 fully saturated rings. The molecule has 1 atom stereocenters. The van der Waals surface area contributed by atoms with E-state index < -0.39 is 6.10 Å². The Morgan fingerprint density at radius 2 is 1.72 bits per heavy atom. The Bertz CT molecular complexity index is 365. The van der Waals surface area contributed by atoms with Crippen molar-refractivity contribution in [3.63, 3.8) is 0 Å². The van der Waals surface area contributed by atoms with E-state index in [-0.39, 0.29) is 6.29 Å². The van der Waals surface area contributed by atoms with Gasteiger partial charge < -0.3 is 24.1 Å². The number of aliphatic hydroxyl groups is 1. The van der Waals surface area contributed by atoms with Gasteiger partial charge in [0.25, 0.3) is 0 Å². The number of ether oxygens (including phenoxy) is 4. The van der Waals surface area contributed by atoms with Crippen LogP contribution in [0.2, 0.25) is 0 Å². The normalized spacial score (nSPS) is 17.7. The Labute approximate surface area is 106 Å². The van der Waals surface area contributed by atoms with Gasteiger partial charge in [0.1, 0.15) is 11.5 Å². The first-order valence-corrected chi connectivity index (χ1v) is 5.87. The van der Waals surface area contributed by atoms with Gasteiger partial charge in [-0.3, -0.25) is 0 Å². The molecule has 1 heterocycles. The van der Waals surface area contributed by atoms with Gasteiger partial charge in [-0.2, -0.15) is 0 Å². The van der Waals surface area contributed by atoms with E-state index in [1.54, 1.807) is 32.4 Å². The smallest absolute Gasteiger partial charge is 0.160 e. The molecule has 0 radical (unpaired) electrons. The summed E-state index contributed by atoms with van der Waals surface area (Å²) in [5, 5.41) is 10.1. The van der Waals surface area contributed by atoms with Crippen LogP contribution in [0.5, 0.6) is 11.5 Å². The average Bonchev–Trinajstić information content (AvgIpc) is 2.90. The molecule has 1 aliphatic rings. The van der Waals surface area contributed by atoms with Crippen molar-refractivity contribution in [3.8, 4) is 11.5 Å². The lowest BCUT2D eigenvalue weighted by Crippen LogP contribution is -2.13. The molecule has 0 bridgehead atoms. The summed E-state index contributed by atoms with van der Waals surface area (Å²) in [4.78, 5) is 0. The first kappa shape index (κ1) is 13.1. The third-order valence-electron chi connectivity index (χ3n) is 2.87. The van der Waals surface area contributed by atoms with Crippen LogP contribution in [0.4, 0.5) is 0 Å². The van der Waals surface area contributed by atoms with E-state index in [2.05, 4.69) is 0 Å². The van der Waals surface area contributed by atoms with Crippen LogP contribution in [0.1, 0.15) is 18.1 Å². The molecule has 0 aliphatic carbocycles. The monoisotopic (exact) mass is 254 g/mol. The number of hydrogen-bond donors (Lipinski definition) is 1. The summed E-state index contributed by atoms with van der Waals surface area (Å²) in [5.74, 6) is 1.30. The summed E-state index contributed by atoms with van der Waals surface area (Å²) in [7, 11) is 3.16. The molecule has 1 saturated heterocycles. The maximum Gasteiger partial charge on any atom is 0.160 e. The summed E-state index contributed by atoms with van der Waals surface area (Å²) in [6.07, 6.45) is -0.606. The second kappa shape index (κ2) is 6.04. The zero-order valence-electron chi connectivity index (χ0n) is 10.6. The maximum atomic E-state index is 10.1. The molecule has 100 valence electrons. The Morgan fingerprint density at radius 3 is 2.22 bits per heavy atom. The summed E-state index contributed by atoms with van der Waals surface area (Å²) in [6, 6.07) is 5.32. The molecule has 0 amide bonds. The van der Waals surface area contributed by atoms with Gasteiger partial charge in [-0.25, -0.2) is 0 Å². The summed E-state index contributed by atoms with van der Waals surface area (Å²) >= 11 is 0. The van der Waals surface area contributed by atoms with E-state index in [0.29, 0.717) is 31.1 Å². The molecule has 0 saturated carbocycles. The Hall–Kier alpha value is -1.30. The molecule has 0 aromatic heterocycles. The molecule has 1 aromatic rings. The van der Waals surface area contributed by atoms with E-state index in [4.69, 9.17) is 18.9 Å². The van der Waals surface area contributed by atoms with Gasteiger partial charge in [0.2, 0.25) is 0 Å². The first-order chi connectivity index (χ1) is 8.72. The predicted molar refractivity (Wildman–Crippen MR) is 64.8 cm³/mol. The molecule has 5 heteroatoms. The summed E-state index contributed by atoms with van der Waals surface area (Å²) in [6.45, 7) is 1.16. The molecule has 1 unspecified atom stereocenters. The van der Waals surface area contributed by atoms with E-state index in [1.807, 2.05) is 0 Å². The predicted octanol–water partition coefficient (Wildman–Crippen LogP) is 1.50. The minimum atomic E-state index is -0.669. The fourth-order valence-corrected chi connectivity index (χ4v) is 1.88. The lowest BCUT2D eigenvalue weighted by molar-refractivity contribution is -0.0708. The number of hydrogen-bond acceptors (Lipinski definition) is 5. The van der Waals surface area contributed by atoms with Gasteiger partial charge in [-0.1, -0.05) is 0 Å². The summed E-state index contributed by atoms with van der Waals surface area (Å²) in [5.41, 5.74) is 0.727. The highest BCUT2D eigenvalue weighted by Crippen LogP contribution is 2.29. The topological polar surface area (TPSA) is 57.2 Å². The van der Waals surface area contributed by atoms with E-state index in [9.17, 15) is 5.11 Å². The molecule has 18 heavy (non-hydrogen) atoms. The van der Waals surface area contributed by atoms with E-state index in [0.717, 1.165) is 5.56 Å². The van der Waals surface area contributed by atoms with Crippen molar-refractivity contribution >= 4 is 0 Å². The minimum Gasteiger partial charge on any atom is -0.497 e. The van der Waals surface area contributed by atoms with Crippen molar-refractivity contribution < 1.29 is 24.1 Å². The largest absolute Gasteiger partial charge is 0.497 e. The van der Waals surface area contributed by atoms with Crippen LogP contribution in [0, 0.1) is 0 Å². The second-order valence-corrected chi connectivity index (χ2v) is 4.07. The molecule has 0 spiro atoms. The van der Waals surface area contributed by atoms with Gasteiger partial charge in [0, 0.05) is 12.5 Å². The van der Waals surface area contributed by atoms with Crippen molar-refractivity contribution in [2.75, 3.05) is 27.4 Å². The molecule has 1 N–H and O–H groups in total. The quantitative estimate of drug-likeness (QED) is 0.863. The first-order valence-electron chi connectivity index (χ1n) is 5.87. The van der Waals surface area contributed by atoms with Crippen molar-refractivity contribution in [1.82, 2.24) is 0 Å². The number of methoxy groups -OCH3 is 2. The SMILES string of the molecule is COc1cc(OC)cc(C(O)CC2OCCO2)c1. The Morgan fingerprint density at radius 1 is 1.17 bits per heavy atom. The van der Waals surface area contributed by atoms with Crippen LogP contribution in [0.3, 0.4) is 0 Å². The number of benzene rings is 1. The highest BCUT2D eigenvalue weighted by atomic mass is 16.7. The van der Waals surface area contributed by atoms with Crippen LogP contribution in [-0.4, -0.2) is 38.8 Å². The van der Waals surface area contributed by atoms with Gasteiger partial charge in [0.15, 0.2) is 6.29 Å². The van der Waals surface area contributed by atoms with Crippen molar-refractivity contribution in [2.45, 2.75) is 18.8 Å². The fraction of sp³-hybridized carbons (Fsp3) is 0.538. The molecular weight excluding hydrogens is 236 g/mol. The average molecular weight is 254 g/mol. The Balaban J connectivity index is 2.09. The van der Waals surface area contributed by atoms with E-state index in [1.165, 1.54) is 0 Å². The van der Waals surface area contributed by atoms with Crippen molar-refractivity contribution in [2.24, 2.45) is 0 Å². The van der Waals surface area contributed by atoms with Crippen LogP contribution in [0.25, 0.3) is 0 Å². The van der Waals surface area contributed by atoms with Crippen molar-refractivity contribution in [3.05, 3.63) is 23.8 Å². The van der Waals surface area contributed by atoms with Gasteiger partial charge in [-0.15, -0.1) is 0 Å². The van der Waals surface area contributed by atoms with Crippen LogP contribution in [0.15, 0.2) is 18.2 Å². The molecule has 1 aliphatic heterocycles. The van der Waals surface area contributed by atoms with Gasteiger partial charge in [-0.05, 0) is 17.7 Å². The highest BCUT2D eigenvalue weighted by molar-refractivity contribution is 5.39. The maximum absolute atomic E-state index is 10.1. The minimum absolute atomic E-state index is 0.336. The van der Waals surface area contributed by atoms with E-state index >= 15 is 0 Å². The molecular formula is C13H18O5. The third-order valence-corrected chi connectivity index (χ3v) is 2.87. The van der Waals surface area contributed by atoms with Crippen LogP contribution in [-0.2, 0) is 9.47 Å². The Kier molecular flexibility index (Phi) is 4.41. The summed E-state index contributed by atoms with van der Waals surface area (Å²) < 4.78 is 21.0. The zero-order chi connectivity index (χ0) is 13.0. The van der Waals surface area contributed by atoms with Gasteiger partial charge >= 0.3 is 0 Å². The number of rotatable bonds is 5. The zero-order valence-corrected chi connectivity index (χ0v) is 10.6. The number of aliphatic hydroxyl groups excluding tert-OH is 1. The molecule has 1 aromatic carbocycles. The lowest BCUT2D eigenvalue weighted by atomic mass is 10.1. The third kappa shape index (κ3) is 3.13. The molecule has 2 rings (SSSR count). The fourth-order valence-electron chi connectivity index (χ4n) is 1.88. The lowest BCUT2D eigenvalue weighted by Gasteiger charge is -2.16. The van der Waals surface area contributed by atoms with Crippen LogP contribution < -0.4 is 9.47 Å². The highest BCUT2D eigenvalue weighted by Gasteiger charge is 2.21. The second-order valence-electron chi connectivity index (χ2n) is 4.07. The van der Waals surface area contributed by atoms with Crippen molar-refractivity contribution in [1.29, 1.82) is 0 Å². The van der Waals surface area contributed by atoms with Gasteiger partial charge in [0.05, 0.1) is 33.5 Å². The van der Waals surface area contributed by atoms with Crippen LogP contribution >= 0.6 is 0 Å². The molecule has 5 nitrogen and oxygen atoms in total.